The lowest BCUT2D eigenvalue weighted by Gasteiger charge is -2.24. The Morgan fingerprint density at radius 2 is 2.08 bits per heavy atom. The summed E-state index contributed by atoms with van der Waals surface area (Å²) >= 11 is 0. The molecule has 0 aromatic carbocycles. The molecule has 3 heteroatoms. The van der Waals surface area contributed by atoms with Crippen LogP contribution in [0.3, 0.4) is 0 Å². The lowest BCUT2D eigenvalue weighted by Crippen LogP contribution is -2.26. The van der Waals surface area contributed by atoms with E-state index in [1.807, 2.05) is 19.9 Å². The minimum Gasteiger partial charge on any atom is -0.468 e. The van der Waals surface area contributed by atoms with Gasteiger partial charge < -0.3 is 9.47 Å². The van der Waals surface area contributed by atoms with Crippen LogP contribution in [0.25, 0.3) is 0 Å². The van der Waals surface area contributed by atoms with Crippen LogP contribution in [-0.4, -0.2) is 26.3 Å². The summed E-state index contributed by atoms with van der Waals surface area (Å²) in [7, 11) is 1.66. The van der Waals surface area contributed by atoms with Gasteiger partial charge in [0.2, 0.25) is 0 Å². The highest BCUT2D eigenvalue weighted by atomic mass is 16.5. The Bertz CT molecular complexity index is 156. The molecular formula is C10H18O3. The van der Waals surface area contributed by atoms with Crippen molar-refractivity contribution in [3.63, 3.8) is 0 Å². The van der Waals surface area contributed by atoms with Gasteiger partial charge in [-0.25, -0.2) is 0 Å². The highest BCUT2D eigenvalue weighted by molar-refractivity contribution is 5.36. The van der Waals surface area contributed by atoms with E-state index in [1.54, 1.807) is 7.11 Å². The molecule has 0 heterocycles. The Morgan fingerprint density at radius 1 is 1.46 bits per heavy atom. The molecule has 0 aliphatic carbocycles. The van der Waals surface area contributed by atoms with Gasteiger partial charge in [-0.15, -0.1) is 6.58 Å². The Labute approximate surface area is 79.7 Å². The summed E-state index contributed by atoms with van der Waals surface area (Å²) in [6.45, 7) is 8.59. The van der Waals surface area contributed by atoms with Gasteiger partial charge in [0.1, 0.15) is 0 Å². The highest BCUT2D eigenvalue weighted by Gasteiger charge is 2.20. The molecule has 3 unspecified atom stereocenters. The first-order valence-corrected chi connectivity index (χ1v) is 4.38. The third-order valence-corrected chi connectivity index (χ3v) is 2.27. The van der Waals surface area contributed by atoms with Crippen molar-refractivity contribution < 1.29 is 14.3 Å². The molecule has 3 nitrogen and oxygen atoms in total. The Hall–Kier alpha value is -0.830. The number of rotatable bonds is 7. The van der Waals surface area contributed by atoms with E-state index in [-0.39, 0.29) is 17.9 Å². The molecule has 0 aliphatic heterocycles. The van der Waals surface area contributed by atoms with Crippen molar-refractivity contribution in [2.75, 3.05) is 13.7 Å². The fraction of sp³-hybridized carbons (Fsp3) is 0.700. The van der Waals surface area contributed by atoms with E-state index in [0.29, 0.717) is 13.1 Å². The molecule has 13 heavy (non-hydrogen) atoms. The van der Waals surface area contributed by atoms with Gasteiger partial charge in [-0.2, -0.15) is 0 Å². The maximum absolute atomic E-state index is 9.98. The van der Waals surface area contributed by atoms with E-state index in [2.05, 4.69) is 11.3 Å². The molecule has 0 rings (SSSR count). The van der Waals surface area contributed by atoms with Crippen molar-refractivity contribution in [1.29, 1.82) is 0 Å². The third kappa shape index (κ3) is 4.08. The van der Waals surface area contributed by atoms with Gasteiger partial charge in [-0.1, -0.05) is 13.0 Å². The van der Waals surface area contributed by atoms with Gasteiger partial charge in [0.25, 0.3) is 6.47 Å². The summed E-state index contributed by atoms with van der Waals surface area (Å²) in [4.78, 5) is 9.98. The van der Waals surface area contributed by atoms with E-state index >= 15 is 0 Å². The molecule has 0 saturated heterocycles. The average Bonchev–Trinajstić information content (AvgIpc) is 2.15. The molecule has 0 fully saturated rings. The molecule has 0 aromatic rings. The second kappa shape index (κ2) is 6.66. The van der Waals surface area contributed by atoms with Gasteiger partial charge >= 0.3 is 0 Å². The van der Waals surface area contributed by atoms with Crippen LogP contribution in [0.2, 0.25) is 0 Å². The maximum atomic E-state index is 9.98. The molecule has 0 N–H and O–H groups in total. The number of ether oxygens (including phenoxy) is 2. The van der Waals surface area contributed by atoms with Crippen molar-refractivity contribution in [3.8, 4) is 0 Å². The van der Waals surface area contributed by atoms with Gasteiger partial charge in [-0.3, -0.25) is 4.79 Å². The number of hydrogen-bond donors (Lipinski definition) is 0. The summed E-state index contributed by atoms with van der Waals surface area (Å²) in [6.07, 6.45) is 1.94. The largest absolute Gasteiger partial charge is 0.468 e. The zero-order valence-corrected chi connectivity index (χ0v) is 8.53. The second-order valence-corrected chi connectivity index (χ2v) is 3.16. The summed E-state index contributed by atoms with van der Waals surface area (Å²) in [5.74, 6) is 0.447. The first-order chi connectivity index (χ1) is 6.17. The summed E-state index contributed by atoms with van der Waals surface area (Å²) in [5.41, 5.74) is 0. The summed E-state index contributed by atoms with van der Waals surface area (Å²) in [5, 5.41) is 0. The van der Waals surface area contributed by atoms with Crippen LogP contribution >= 0.6 is 0 Å². The summed E-state index contributed by atoms with van der Waals surface area (Å²) < 4.78 is 9.88. The normalized spacial score (nSPS) is 17.2. The van der Waals surface area contributed by atoms with Gasteiger partial charge in [0.05, 0.1) is 12.7 Å². The van der Waals surface area contributed by atoms with Crippen LogP contribution in [0, 0.1) is 11.8 Å². The summed E-state index contributed by atoms with van der Waals surface area (Å²) in [6, 6.07) is 0. The highest BCUT2D eigenvalue weighted by Crippen LogP contribution is 2.19. The maximum Gasteiger partial charge on any atom is 0.293 e. The molecule has 0 saturated carbocycles. The first-order valence-electron chi connectivity index (χ1n) is 4.38. The van der Waals surface area contributed by atoms with Crippen molar-refractivity contribution in [3.05, 3.63) is 12.7 Å². The monoisotopic (exact) mass is 186 g/mol. The number of hydrogen-bond acceptors (Lipinski definition) is 3. The van der Waals surface area contributed by atoms with Crippen LogP contribution in [0.15, 0.2) is 12.7 Å². The molecule has 0 aromatic heterocycles. The third-order valence-electron chi connectivity index (χ3n) is 2.27. The van der Waals surface area contributed by atoms with Crippen molar-refractivity contribution >= 4 is 6.47 Å². The predicted molar refractivity (Wildman–Crippen MR) is 51.3 cm³/mol. The Morgan fingerprint density at radius 3 is 2.46 bits per heavy atom. The van der Waals surface area contributed by atoms with Gasteiger partial charge in [0.15, 0.2) is 0 Å². The number of methoxy groups -OCH3 is 1. The zero-order valence-electron chi connectivity index (χ0n) is 8.53. The molecule has 0 radical (unpaired) electrons. The van der Waals surface area contributed by atoms with Gasteiger partial charge in [-0.05, 0) is 12.8 Å². The molecule has 76 valence electrons. The SMILES string of the molecule is C=CC(C(C)COC=O)C(C)OC. The minimum atomic E-state index is 0.0998. The van der Waals surface area contributed by atoms with Crippen LogP contribution < -0.4 is 0 Å². The lowest BCUT2D eigenvalue weighted by atomic mass is 9.90. The molecular weight excluding hydrogens is 168 g/mol. The van der Waals surface area contributed by atoms with Crippen molar-refractivity contribution in [2.24, 2.45) is 11.8 Å². The van der Waals surface area contributed by atoms with Crippen LogP contribution in [0.1, 0.15) is 13.8 Å². The smallest absolute Gasteiger partial charge is 0.293 e. The molecule has 0 spiro atoms. The topological polar surface area (TPSA) is 35.5 Å². The second-order valence-electron chi connectivity index (χ2n) is 3.16. The minimum absolute atomic E-state index is 0.0998. The van der Waals surface area contributed by atoms with Crippen molar-refractivity contribution in [2.45, 2.75) is 20.0 Å². The van der Waals surface area contributed by atoms with Gasteiger partial charge in [0, 0.05) is 13.0 Å². The Kier molecular flexibility index (Phi) is 6.24. The average molecular weight is 186 g/mol. The number of carbonyl (C=O) groups is 1. The first kappa shape index (κ1) is 12.2. The standard InChI is InChI=1S/C10H18O3/c1-5-10(9(3)12-4)8(2)6-13-7-11/h5,7-10H,1,6H2,2-4H3. The predicted octanol–water partition coefficient (Wildman–Crippen LogP) is 1.63. The van der Waals surface area contributed by atoms with Crippen LogP contribution in [0.5, 0.6) is 0 Å². The van der Waals surface area contributed by atoms with Crippen LogP contribution in [-0.2, 0) is 14.3 Å². The van der Waals surface area contributed by atoms with E-state index in [9.17, 15) is 4.79 Å². The van der Waals surface area contributed by atoms with Crippen molar-refractivity contribution in [1.82, 2.24) is 0 Å². The van der Waals surface area contributed by atoms with E-state index in [1.165, 1.54) is 0 Å². The molecule has 0 bridgehead atoms. The van der Waals surface area contributed by atoms with Crippen LogP contribution in [0.4, 0.5) is 0 Å². The van der Waals surface area contributed by atoms with E-state index in [4.69, 9.17) is 4.74 Å². The molecule has 0 aliphatic rings. The Balaban J connectivity index is 4.05. The zero-order chi connectivity index (χ0) is 10.3. The quantitative estimate of drug-likeness (QED) is 0.448. The molecule has 0 amide bonds. The van der Waals surface area contributed by atoms with E-state index < -0.39 is 0 Å². The fourth-order valence-electron chi connectivity index (χ4n) is 1.35. The molecule has 3 atom stereocenters. The lowest BCUT2D eigenvalue weighted by molar-refractivity contribution is -0.130. The van der Waals surface area contributed by atoms with E-state index in [0.717, 1.165) is 0 Å². The fourth-order valence-corrected chi connectivity index (χ4v) is 1.35. The number of carbonyl (C=O) groups excluding carboxylic acids is 1.